The second-order valence-electron chi connectivity index (χ2n) is 4.40. The van der Waals surface area contributed by atoms with Gasteiger partial charge in [0.15, 0.2) is 0 Å². The maximum Gasteiger partial charge on any atom is 0.326 e. The van der Waals surface area contributed by atoms with E-state index < -0.39 is 28.6 Å². The molecule has 7 heteroatoms. The van der Waals surface area contributed by atoms with E-state index in [-0.39, 0.29) is 11.4 Å². The molecule has 1 unspecified atom stereocenters. The number of rotatable bonds is 7. The predicted molar refractivity (Wildman–Crippen MR) is 78.2 cm³/mol. The summed E-state index contributed by atoms with van der Waals surface area (Å²) in [4.78, 5) is 11.7. The minimum Gasteiger partial charge on any atom is -0.468 e. The summed E-state index contributed by atoms with van der Waals surface area (Å²) in [6.45, 7) is 4.53. The van der Waals surface area contributed by atoms with Crippen LogP contribution < -0.4 is 0 Å². The maximum atomic E-state index is 12.6. The van der Waals surface area contributed by atoms with Crippen LogP contribution in [-0.2, 0) is 19.6 Å². The van der Waals surface area contributed by atoms with Crippen LogP contribution in [-0.4, -0.2) is 50.1 Å². The Balaban J connectivity index is 3.27. The van der Waals surface area contributed by atoms with E-state index in [2.05, 4.69) is 11.3 Å². The van der Waals surface area contributed by atoms with Gasteiger partial charge in [-0.3, -0.25) is 4.79 Å². The zero-order valence-corrected chi connectivity index (χ0v) is 12.8. The molecule has 0 saturated heterocycles. The second-order valence-corrected chi connectivity index (χ2v) is 6.29. The highest BCUT2D eigenvalue weighted by Gasteiger charge is 2.35. The summed E-state index contributed by atoms with van der Waals surface area (Å²) < 4.78 is 30.6. The van der Waals surface area contributed by atoms with Crippen LogP contribution in [0.5, 0.6) is 0 Å². The van der Waals surface area contributed by atoms with E-state index in [0.717, 1.165) is 17.0 Å². The molecule has 0 amide bonds. The molecule has 0 saturated carbocycles. The first-order chi connectivity index (χ1) is 9.88. The lowest BCUT2D eigenvalue weighted by Crippen LogP contribution is -2.47. The lowest BCUT2D eigenvalue weighted by Gasteiger charge is -2.26. The minimum absolute atomic E-state index is 0.0392. The molecule has 21 heavy (non-hydrogen) atoms. The van der Waals surface area contributed by atoms with Gasteiger partial charge in [-0.2, -0.15) is 4.31 Å². The van der Waals surface area contributed by atoms with E-state index >= 15 is 0 Å². The van der Waals surface area contributed by atoms with E-state index in [1.54, 1.807) is 12.1 Å². The Kier molecular flexibility index (Phi) is 6.07. The molecular formula is C14H19NO5S. The molecule has 1 aromatic carbocycles. The van der Waals surface area contributed by atoms with Gasteiger partial charge < -0.3 is 9.84 Å². The third-order valence-corrected chi connectivity index (χ3v) is 4.82. The number of esters is 1. The Bertz CT molecular complexity index is 594. The molecule has 1 atom stereocenters. The highest BCUT2D eigenvalue weighted by molar-refractivity contribution is 7.89. The Morgan fingerprint density at radius 2 is 2.00 bits per heavy atom. The number of methoxy groups -OCH3 is 1. The quantitative estimate of drug-likeness (QED) is 0.592. The fourth-order valence-electron chi connectivity index (χ4n) is 1.78. The van der Waals surface area contributed by atoms with Crippen LogP contribution in [0.4, 0.5) is 0 Å². The summed E-state index contributed by atoms with van der Waals surface area (Å²) in [7, 11) is -2.81. The van der Waals surface area contributed by atoms with Gasteiger partial charge in [-0.05, 0) is 19.1 Å². The van der Waals surface area contributed by atoms with Crippen molar-refractivity contribution < 1.29 is 23.1 Å². The molecular weight excluding hydrogens is 294 g/mol. The van der Waals surface area contributed by atoms with Crippen LogP contribution in [0.1, 0.15) is 5.56 Å². The number of carbonyl (C=O) groups excluding carboxylic acids is 1. The molecule has 0 radical (unpaired) electrons. The lowest BCUT2D eigenvalue weighted by atomic mass is 10.2. The number of sulfonamides is 1. The first kappa shape index (κ1) is 17.4. The van der Waals surface area contributed by atoms with E-state index in [4.69, 9.17) is 0 Å². The standard InChI is InChI=1S/C14H19NO5S/c1-4-9-15(13(10-16)14(17)20-3)21(18,19)12-7-5-11(2)6-8-12/h4-8,13,16H,1,9-10H2,2-3H3. The number of aliphatic hydroxyl groups excluding tert-OH is 1. The number of carbonyl (C=O) groups is 1. The Hall–Kier alpha value is -1.70. The molecule has 6 nitrogen and oxygen atoms in total. The second kappa shape index (κ2) is 7.35. The molecule has 116 valence electrons. The zero-order chi connectivity index (χ0) is 16.0. The first-order valence-electron chi connectivity index (χ1n) is 6.26. The van der Waals surface area contributed by atoms with Gasteiger partial charge in [0, 0.05) is 6.54 Å². The summed E-state index contributed by atoms with van der Waals surface area (Å²) in [5.41, 5.74) is 0.913. The lowest BCUT2D eigenvalue weighted by molar-refractivity contribution is -0.146. The van der Waals surface area contributed by atoms with Crippen molar-refractivity contribution in [3.63, 3.8) is 0 Å². The van der Waals surface area contributed by atoms with Gasteiger partial charge in [0.2, 0.25) is 10.0 Å². The summed E-state index contributed by atoms with van der Waals surface area (Å²) in [6.07, 6.45) is 1.34. The molecule has 0 aromatic heterocycles. The average molecular weight is 313 g/mol. The van der Waals surface area contributed by atoms with Crippen molar-refractivity contribution in [3.05, 3.63) is 42.5 Å². The van der Waals surface area contributed by atoms with Gasteiger partial charge in [0.05, 0.1) is 18.6 Å². The summed E-state index contributed by atoms with van der Waals surface area (Å²) in [5.74, 6) is -0.824. The highest BCUT2D eigenvalue weighted by Crippen LogP contribution is 2.19. The Labute approximate surface area is 124 Å². The number of nitrogens with zero attached hydrogens (tertiary/aromatic N) is 1. The molecule has 0 heterocycles. The normalized spacial score (nSPS) is 13.0. The molecule has 0 bridgehead atoms. The SMILES string of the molecule is C=CCN(C(CO)C(=O)OC)S(=O)(=O)c1ccc(C)cc1. The van der Waals surface area contributed by atoms with Crippen LogP contribution in [0.25, 0.3) is 0 Å². The minimum atomic E-state index is -3.95. The summed E-state index contributed by atoms with van der Waals surface area (Å²) >= 11 is 0. The molecule has 0 spiro atoms. The van der Waals surface area contributed by atoms with E-state index in [1.165, 1.54) is 18.2 Å². The maximum absolute atomic E-state index is 12.6. The summed E-state index contributed by atoms with van der Waals surface area (Å²) in [6, 6.07) is 4.91. The number of ether oxygens (including phenoxy) is 1. The molecule has 1 aromatic rings. The number of aliphatic hydroxyl groups is 1. The zero-order valence-electron chi connectivity index (χ0n) is 12.0. The first-order valence-corrected chi connectivity index (χ1v) is 7.70. The van der Waals surface area contributed by atoms with Gasteiger partial charge in [-0.15, -0.1) is 6.58 Å². The Morgan fingerprint density at radius 1 is 1.43 bits per heavy atom. The van der Waals surface area contributed by atoms with Crippen LogP contribution in [0.2, 0.25) is 0 Å². The number of benzene rings is 1. The van der Waals surface area contributed by atoms with Crippen molar-refractivity contribution in [2.24, 2.45) is 0 Å². The fraction of sp³-hybridized carbons (Fsp3) is 0.357. The topological polar surface area (TPSA) is 83.9 Å². The average Bonchev–Trinajstić information content (AvgIpc) is 2.47. The van der Waals surface area contributed by atoms with Crippen LogP contribution in [0.3, 0.4) is 0 Å². The predicted octanol–water partition coefficient (Wildman–Crippen LogP) is 0.706. The smallest absolute Gasteiger partial charge is 0.326 e. The van der Waals surface area contributed by atoms with Crippen LogP contribution in [0, 0.1) is 6.92 Å². The van der Waals surface area contributed by atoms with Crippen molar-refractivity contribution in [2.75, 3.05) is 20.3 Å². The van der Waals surface area contributed by atoms with Gasteiger partial charge in [-0.25, -0.2) is 8.42 Å². The Morgan fingerprint density at radius 3 is 2.43 bits per heavy atom. The van der Waals surface area contributed by atoms with Gasteiger partial charge in [0.1, 0.15) is 6.04 Å². The van der Waals surface area contributed by atoms with Crippen molar-refractivity contribution in [3.8, 4) is 0 Å². The van der Waals surface area contributed by atoms with Crippen molar-refractivity contribution >= 4 is 16.0 Å². The van der Waals surface area contributed by atoms with E-state index in [0.29, 0.717) is 0 Å². The van der Waals surface area contributed by atoms with Gasteiger partial charge in [0.25, 0.3) is 0 Å². The summed E-state index contributed by atoms with van der Waals surface area (Å²) in [5, 5.41) is 9.34. The molecule has 1 N–H and O–H groups in total. The van der Waals surface area contributed by atoms with E-state index in [9.17, 15) is 18.3 Å². The van der Waals surface area contributed by atoms with Crippen LogP contribution in [0.15, 0.2) is 41.8 Å². The molecule has 0 aliphatic heterocycles. The monoisotopic (exact) mass is 313 g/mol. The third-order valence-electron chi connectivity index (χ3n) is 2.93. The van der Waals surface area contributed by atoms with Gasteiger partial charge in [-0.1, -0.05) is 23.8 Å². The van der Waals surface area contributed by atoms with E-state index in [1.807, 2.05) is 6.92 Å². The molecule has 1 rings (SSSR count). The van der Waals surface area contributed by atoms with Crippen molar-refractivity contribution in [2.45, 2.75) is 17.9 Å². The van der Waals surface area contributed by atoms with Crippen molar-refractivity contribution in [1.82, 2.24) is 4.31 Å². The molecule has 0 aliphatic carbocycles. The van der Waals surface area contributed by atoms with Crippen molar-refractivity contribution in [1.29, 1.82) is 0 Å². The number of aryl methyl sites for hydroxylation is 1. The van der Waals surface area contributed by atoms with Gasteiger partial charge >= 0.3 is 5.97 Å². The largest absolute Gasteiger partial charge is 0.468 e. The van der Waals surface area contributed by atoms with Crippen LogP contribution >= 0.6 is 0 Å². The number of hydrogen-bond donors (Lipinski definition) is 1. The molecule has 0 aliphatic rings. The highest BCUT2D eigenvalue weighted by atomic mass is 32.2. The molecule has 0 fully saturated rings. The number of hydrogen-bond acceptors (Lipinski definition) is 5. The third kappa shape index (κ3) is 3.90. The fourth-order valence-corrected chi connectivity index (χ4v) is 3.33.